The van der Waals surface area contributed by atoms with Gasteiger partial charge in [0.15, 0.2) is 0 Å². The first-order chi connectivity index (χ1) is 9.47. The summed E-state index contributed by atoms with van der Waals surface area (Å²) in [6, 6.07) is 9.19. The predicted molar refractivity (Wildman–Crippen MR) is 77.8 cm³/mol. The number of aliphatic hydroxyl groups excluding tert-OH is 1. The van der Waals surface area contributed by atoms with E-state index in [4.69, 9.17) is 27.9 Å². The molecule has 0 heterocycles. The van der Waals surface area contributed by atoms with Crippen LogP contribution in [0.25, 0.3) is 0 Å². The number of halogens is 3. The van der Waals surface area contributed by atoms with E-state index >= 15 is 0 Å². The van der Waals surface area contributed by atoms with Crippen LogP contribution in [0, 0.1) is 5.82 Å². The molecule has 0 unspecified atom stereocenters. The number of ether oxygens (including phenoxy) is 1. The zero-order chi connectivity index (χ0) is 14.7. The highest BCUT2D eigenvalue weighted by Crippen LogP contribution is 2.29. The van der Waals surface area contributed by atoms with Crippen LogP contribution in [-0.4, -0.2) is 5.11 Å². The van der Waals surface area contributed by atoms with Crippen LogP contribution in [-0.2, 0) is 6.61 Å². The van der Waals surface area contributed by atoms with Crippen molar-refractivity contribution in [3.8, 4) is 5.75 Å². The van der Waals surface area contributed by atoms with E-state index in [0.717, 1.165) is 0 Å². The van der Waals surface area contributed by atoms with Gasteiger partial charge in [-0.15, -0.1) is 0 Å². The summed E-state index contributed by atoms with van der Waals surface area (Å²) in [7, 11) is 0. The Bertz CT molecular complexity index is 615. The Morgan fingerprint density at radius 3 is 2.50 bits per heavy atom. The molecular weight excluding hydrogens is 302 g/mol. The molecule has 0 saturated carbocycles. The van der Waals surface area contributed by atoms with E-state index in [9.17, 15) is 9.50 Å². The minimum absolute atomic E-state index is 0.187. The summed E-state index contributed by atoms with van der Waals surface area (Å²) in [5.74, 6) is 0.0922. The van der Waals surface area contributed by atoms with E-state index in [2.05, 4.69) is 0 Å². The van der Waals surface area contributed by atoms with E-state index in [1.54, 1.807) is 31.2 Å². The first-order valence-electron chi connectivity index (χ1n) is 6.01. The number of benzene rings is 2. The van der Waals surface area contributed by atoms with Gasteiger partial charge in [-0.2, -0.15) is 0 Å². The van der Waals surface area contributed by atoms with Gasteiger partial charge >= 0.3 is 0 Å². The van der Waals surface area contributed by atoms with Crippen LogP contribution < -0.4 is 4.74 Å². The number of rotatable bonds is 4. The number of aliphatic hydroxyl groups is 1. The van der Waals surface area contributed by atoms with Crippen LogP contribution in [0.1, 0.15) is 24.2 Å². The van der Waals surface area contributed by atoms with Crippen molar-refractivity contribution < 1.29 is 14.2 Å². The molecule has 2 aromatic carbocycles. The van der Waals surface area contributed by atoms with Gasteiger partial charge in [-0.25, -0.2) is 4.39 Å². The Morgan fingerprint density at radius 1 is 1.15 bits per heavy atom. The molecule has 0 amide bonds. The SMILES string of the molecule is C[C@@H](O)c1ccc(OCc2ccc(F)cc2Cl)c(Cl)c1. The monoisotopic (exact) mass is 314 g/mol. The van der Waals surface area contributed by atoms with Crippen LogP contribution in [0.2, 0.25) is 10.0 Å². The van der Waals surface area contributed by atoms with Gasteiger partial charge in [0.25, 0.3) is 0 Å². The van der Waals surface area contributed by atoms with Gasteiger partial charge in [0, 0.05) is 5.56 Å². The van der Waals surface area contributed by atoms with Crippen molar-refractivity contribution in [2.75, 3.05) is 0 Å². The minimum Gasteiger partial charge on any atom is -0.487 e. The van der Waals surface area contributed by atoms with Crippen molar-refractivity contribution in [2.24, 2.45) is 0 Å². The highest BCUT2D eigenvalue weighted by atomic mass is 35.5. The Hall–Kier alpha value is -1.29. The summed E-state index contributed by atoms with van der Waals surface area (Å²) in [6.45, 7) is 1.84. The molecule has 106 valence electrons. The van der Waals surface area contributed by atoms with E-state index in [1.165, 1.54) is 12.1 Å². The van der Waals surface area contributed by atoms with E-state index in [-0.39, 0.29) is 6.61 Å². The lowest BCUT2D eigenvalue weighted by Crippen LogP contribution is -1.98. The lowest BCUT2D eigenvalue weighted by Gasteiger charge is -2.11. The maximum absolute atomic E-state index is 12.9. The fourth-order valence-corrected chi connectivity index (χ4v) is 2.15. The van der Waals surface area contributed by atoms with Crippen molar-refractivity contribution in [3.05, 3.63) is 63.4 Å². The van der Waals surface area contributed by atoms with Gasteiger partial charge in [0.2, 0.25) is 0 Å². The topological polar surface area (TPSA) is 29.5 Å². The van der Waals surface area contributed by atoms with Crippen molar-refractivity contribution >= 4 is 23.2 Å². The summed E-state index contributed by atoms with van der Waals surface area (Å²) < 4.78 is 18.5. The second-order valence-corrected chi connectivity index (χ2v) is 5.20. The molecule has 0 aromatic heterocycles. The summed E-state index contributed by atoms with van der Waals surface area (Å²) in [5.41, 5.74) is 1.38. The molecule has 1 N–H and O–H groups in total. The molecule has 5 heteroatoms. The minimum atomic E-state index is -0.590. The molecule has 0 saturated heterocycles. The van der Waals surface area contributed by atoms with Crippen molar-refractivity contribution in [1.82, 2.24) is 0 Å². The van der Waals surface area contributed by atoms with Crippen molar-refractivity contribution in [3.63, 3.8) is 0 Å². The molecule has 0 aliphatic heterocycles. The molecule has 2 nitrogen and oxygen atoms in total. The first-order valence-corrected chi connectivity index (χ1v) is 6.77. The second kappa shape index (κ2) is 6.44. The van der Waals surface area contributed by atoms with Crippen molar-refractivity contribution in [2.45, 2.75) is 19.6 Å². The number of hydrogen-bond acceptors (Lipinski definition) is 2. The second-order valence-electron chi connectivity index (χ2n) is 4.39. The van der Waals surface area contributed by atoms with Gasteiger partial charge < -0.3 is 9.84 Å². The zero-order valence-electron chi connectivity index (χ0n) is 10.7. The summed E-state index contributed by atoms with van der Waals surface area (Å²) in [5, 5.41) is 10.2. The fourth-order valence-electron chi connectivity index (χ4n) is 1.69. The van der Waals surface area contributed by atoms with Gasteiger partial charge in [-0.1, -0.05) is 35.3 Å². The van der Waals surface area contributed by atoms with E-state index < -0.39 is 11.9 Å². The molecule has 1 atom stereocenters. The van der Waals surface area contributed by atoms with Gasteiger partial charge in [0.05, 0.1) is 16.1 Å². The standard InChI is InChI=1S/C15H13Cl2FO2/c1-9(19)10-3-5-15(14(17)6-10)20-8-11-2-4-12(18)7-13(11)16/h2-7,9,19H,8H2,1H3/t9-/m1/s1. The van der Waals surface area contributed by atoms with Crippen LogP contribution in [0.3, 0.4) is 0 Å². The average Bonchev–Trinajstić information content (AvgIpc) is 2.38. The van der Waals surface area contributed by atoms with Gasteiger partial charge in [-0.3, -0.25) is 0 Å². The third-order valence-corrected chi connectivity index (χ3v) is 3.48. The smallest absolute Gasteiger partial charge is 0.138 e. The Morgan fingerprint density at radius 2 is 1.90 bits per heavy atom. The third-order valence-electron chi connectivity index (χ3n) is 2.84. The maximum atomic E-state index is 12.9. The largest absolute Gasteiger partial charge is 0.487 e. The molecule has 0 spiro atoms. The van der Waals surface area contributed by atoms with Crippen LogP contribution in [0.15, 0.2) is 36.4 Å². The fraction of sp³-hybridized carbons (Fsp3) is 0.200. The highest BCUT2D eigenvalue weighted by Gasteiger charge is 2.08. The maximum Gasteiger partial charge on any atom is 0.138 e. The van der Waals surface area contributed by atoms with Gasteiger partial charge in [0.1, 0.15) is 18.2 Å². The third kappa shape index (κ3) is 3.63. The molecule has 2 rings (SSSR count). The summed E-state index contributed by atoms with van der Waals surface area (Å²) >= 11 is 12.0. The van der Waals surface area contributed by atoms with Gasteiger partial charge in [-0.05, 0) is 36.8 Å². The van der Waals surface area contributed by atoms with E-state index in [0.29, 0.717) is 26.9 Å². The molecule has 0 fully saturated rings. The van der Waals surface area contributed by atoms with Crippen LogP contribution in [0.4, 0.5) is 4.39 Å². The Balaban J connectivity index is 2.11. The quantitative estimate of drug-likeness (QED) is 0.881. The lowest BCUT2D eigenvalue weighted by atomic mass is 10.1. The molecule has 0 bridgehead atoms. The molecule has 0 radical (unpaired) electrons. The molecule has 0 aliphatic rings. The molecular formula is C15H13Cl2FO2. The van der Waals surface area contributed by atoms with Crippen LogP contribution >= 0.6 is 23.2 Å². The number of hydrogen-bond donors (Lipinski definition) is 1. The Kier molecular flexibility index (Phi) is 4.86. The normalized spacial score (nSPS) is 12.2. The van der Waals surface area contributed by atoms with Crippen molar-refractivity contribution in [1.29, 1.82) is 0 Å². The van der Waals surface area contributed by atoms with Crippen LogP contribution in [0.5, 0.6) is 5.75 Å². The lowest BCUT2D eigenvalue weighted by molar-refractivity contribution is 0.199. The summed E-state index contributed by atoms with van der Waals surface area (Å²) in [6.07, 6.45) is -0.590. The predicted octanol–water partition coefficient (Wildman–Crippen LogP) is 4.76. The first kappa shape index (κ1) is 15.1. The zero-order valence-corrected chi connectivity index (χ0v) is 12.2. The molecule has 20 heavy (non-hydrogen) atoms. The molecule has 0 aliphatic carbocycles. The summed E-state index contributed by atoms with van der Waals surface area (Å²) in [4.78, 5) is 0. The average molecular weight is 315 g/mol. The molecule has 2 aromatic rings. The highest BCUT2D eigenvalue weighted by molar-refractivity contribution is 6.32. The Labute approximate surface area is 126 Å². The van der Waals surface area contributed by atoms with E-state index in [1.807, 2.05) is 0 Å².